The number of carbonyl (C=O) groups excluding carboxylic acids is 3. The van der Waals surface area contributed by atoms with E-state index in [1.165, 1.54) is 40.8 Å². The molecule has 743 valence electrons. The molecular formula is C97H133BrClN23O14WY. The van der Waals surface area contributed by atoms with Crippen LogP contribution >= 0.6 is 15.9 Å². The van der Waals surface area contributed by atoms with E-state index in [9.17, 15) is 24.0 Å². The maximum atomic E-state index is 12.4. The number of benzene rings is 5. The zero-order chi connectivity index (χ0) is 95.9. The molecule has 0 fully saturated rings. The normalized spacial score (nSPS) is 11.7. The summed E-state index contributed by atoms with van der Waals surface area (Å²) >= 11 is 3.50. The smallest absolute Gasteiger partial charge is 0.328 e. The van der Waals surface area contributed by atoms with Crippen molar-refractivity contribution in [3.05, 3.63) is 193 Å². The molecule has 138 heavy (non-hydrogen) atoms. The number of imidazole rings is 4. The molecule has 13 aromatic rings. The Morgan fingerprint density at radius 3 is 1.38 bits per heavy atom. The SMILES string of the molecule is C.C.CCCCOc1nc(N)c2nc(Br)n(Cc3cccc(CC(=O)OC(C)(C)C)c3)c2n1.CCCCOc1nc(N)c2nc(OCC)n(Cc3cccc(CC(=O)OC(C)(C)C)c3)c2n1.CCOc1nc2c(N)nc(OCCCN)nc2n1Cc1cccc(CC(=O)O)c1.CC[N+](CC)(CC)Cc1ccccc1.Nc1nc2nc3c1[nH]c(=O)n3Cc1cccc(c1)CC(=O)NCCCO2.[Cl-].[W].[Y]. The van der Waals surface area contributed by atoms with Gasteiger partial charge in [-0.15, -0.1) is 0 Å². The first-order valence-electron chi connectivity index (χ1n) is 44.9. The van der Waals surface area contributed by atoms with Crippen LogP contribution in [-0.4, -0.2) is 195 Å². The van der Waals surface area contributed by atoms with Crippen molar-refractivity contribution >= 4 is 108 Å². The predicted octanol–water partition coefficient (Wildman–Crippen LogP) is 10.9. The number of fused-ring (bicyclic) bond motifs is 6. The molecule has 4 bridgehead atoms. The second-order valence-electron chi connectivity index (χ2n) is 33.5. The van der Waals surface area contributed by atoms with E-state index in [-0.39, 0.29) is 178 Å². The third-order valence-corrected chi connectivity index (χ3v) is 21.3. The number of unbranched alkanes of at least 4 members (excludes halogenated alkanes) is 2. The van der Waals surface area contributed by atoms with Crippen molar-refractivity contribution in [3.63, 3.8) is 0 Å². The van der Waals surface area contributed by atoms with Crippen molar-refractivity contribution in [3.8, 4) is 36.1 Å². The van der Waals surface area contributed by atoms with Gasteiger partial charge in [0.05, 0.1) is 111 Å². The Balaban J connectivity index is 0.000000307. The summed E-state index contributed by atoms with van der Waals surface area (Å²) in [5.41, 5.74) is 40.7. The van der Waals surface area contributed by atoms with Gasteiger partial charge in [-0.25, -0.2) is 9.78 Å². The van der Waals surface area contributed by atoms with Crippen LogP contribution < -0.4 is 80.5 Å². The van der Waals surface area contributed by atoms with Crippen LogP contribution in [0.4, 0.5) is 23.3 Å². The van der Waals surface area contributed by atoms with E-state index in [4.69, 9.17) is 71.7 Å². The Morgan fingerprint density at radius 2 is 0.935 bits per heavy atom. The number of anilines is 4. The number of aliphatic carboxylic acids is 1. The van der Waals surface area contributed by atoms with Crippen molar-refractivity contribution in [1.82, 2.24) is 83.4 Å². The van der Waals surface area contributed by atoms with E-state index in [0.717, 1.165) is 64.6 Å². The van der Waals surface area contributed by atoms with Crippen molar-refractivity contribution in [1.29, 1.82) is 0 Å². The molecule has 9 heterocycles. The third kappa shape index (κ3) is 34.8. The summed E-state index contributed by atoms with van der Waals surface area (Å²) in [6.45, 7) is 35.9. The number of nitrogens with one attached hydrogen (secondary N) is 2. The van der Waals surface area contributed by atoms with Crippen LogP contribution in [0.5, 0.6) is 36.1 Å². The Kier molecular flexibility index (Phi) is 47.9. The molecular weight excluding hydrogens is 2100 g/mol. The van der Waals surface area contributed by atoms with Gasteiger partial charge in [-0.1, -0.05) is 169 Å². The number of aromatic amines is 1. The summed E-state index contributed by atoms with van der Waals surface area (Å²) in [5, 5.41) is 11.9. The van der Waals surface area contributed by atoms with Gasteiger partial charge in [-0.05, 0) is 169 Å². The summed E-state index contributed by atoms with van der Waals surface area (Å²) in [6.07, 6.45) is 5.74. The Bertz CT molecular complexity index is 6140. The van der Waals surface area contributed by atoms with Crippen LogP contribution in [0, 0.1) is 0 Å². The molecule has 0 aliphatic carbocycles. The number of esters is 2. The molecule has 0 spiro atoms. The molecule has 0 saturated heterocycles. The van der Waals surface area contributed by atoms with Gasteiger partial charge in [0.25, 0.3) is 12.0 Å². The van der Waals surface area contributed by atoms with Gasteiger partial charge < -0.3 is 98.9 Å². The Labute approximate surface area is 860 Å². The average Bonchev–Trinajstić information content (AvgIpc) is 1.63. The van der Waals surface area contributed by atoms with Gasteiger partial charge in [0.15, 0.2) is 67.1 Å². The second-order valence-corrected chi connectivity index (χ2v) is 34.2. The summed E-state index contributed by atoms with van der Waals surface area (Å²) in [6, 6.07) is 42.7. The first kappa shape index (κ1) is 117. The van der Waals surface area contributed by atoms with E-state index < -0.39 is 17.2 Å². The van der Waals surface area contributed by atoms with Gasteiger partial charge in [0.2, 0.25) is 5.91 Å². The number of rotatable bonds is 33. The number of carboxylic acids is 1. The van der Waals surface area contributed by atoms with Crippen LogP contribution in [0.3, 0.4) is 0 Å². The van der Waals surface area contributed by atoms with E-state index in [2.05, 4.69) is 146 Å². The fourth-order valence-corrected chi connectivity index (χ4v) is 14.6. The Morgan fingerprint density at radius 1 is 0.507 bits per heavy atom. The third-order valence-electron chi connectivity index (χ3n) is 20.7. The number of halogens is 2. The molecule has 13 N–H and O–H groups in total. The molecule has 1 amide bonds. The number of nitrogens with zero attached hydrogens (tertiary/aromatic N) is 16. The largest absolute Gasteiger partial charge is 1.00 e. The van der Waals surface area contributed by atoms with Crippen LogP contribution in [0.25, 0.3) is 44.7 Å². The minimum absolute atomic E-state index is 0. The van der Waals surface area contributed by atoms with Crippen molar-refractivity contribution < 1.29 is 133 Å². The van der Waals surface area contributed by atoms with Crippen molar-refractivity contribution in [2.75, 3.05) is 95.3 Å². The van der Waals surface area contributed by atoms with Crippen molar-refractivity contribution in [2.24, 2.45) is 5.73 Å². The minimum atomic E-state index is -0.884. The quantitative estimate of drug-likeness (QED) is 0.00819. The number of aromatic nitrogens is 16. The molecule has 0 unspecified atom stereocenters. The van der Waals surface area contributed by atoms with E-state index in [1.54, 1.807) is 10.6 Å². The van der Waals surface area contributed by atoms with Crippen LogP contribution in [0.1, 0.15) is 193 Å². The summed E-state index contributed by atoms with van der Waals surface area (Å²) in [7, 11) is 0. The average molecular weight is 2230 g/mol. The minimum Gasteiger partial charge on any atom is -1.00 e. The maximum Gasteiger partial charge on any atom is 0.328 e. The molecule has 5 aromatic carbocycles. The number of hydrogen-bond donors (Lipinski definition) is 8. The number of amides is 1. The fraction of sp³-hybridized carbons (Fsp3) is 0.443. The molecule has 8 aromatic heterocycles. The monoisotopic (exact) mass is 2230 g/mol. The molecule has 41 heteroatoms. The van der Waals surface area contributed by atoms with Crippen LogP contribution in [-0.2, 0) is 141 Å². The number of H-pyrrole nitrogens is 1. The number of quaternary nitrogens is 1. The van der Waals surface area contributed by atoms with Crippen LogP contribution in [0.15, 0.2) is 137 Å². The fourth-order valence-electron chi connectivity index (χ4n) is 14.2. The standard InChI is InChI=1S/C24H33N5O4.C22H28BrN5O3.C19H24N6O4.C17H18N6O3.C13H22N.2CH4.ClH.W.Y/c1-6-8-12-32-22-27-20(25)19-21(28-22)29(23(26-19)31-7-2)15-17-11-9-10-16(13-17)14-18(30)33-24(3,4)5;1-5-6-10-30-21-26-18(24)17-19(27-21)28(20(23)25-17)13-15-9-7-8-14(11-15)12-16(29)31-22(2,3)4;1-2-28-19-22-15-16(21)23-18(29-8-4-7-20)24-17(15)25(19)11-13-6-3-5-12(9-13)10-14(26)27;18-14-13-15-22-16(21-14)26-6-2-5-19-12(24)8-10-3-1-4-11(7-10)9-23(15)17(25)20-13;1-4-14(5-2,6-3)12-13-10-8-7-9-11-13;;;;;/h9-11,13H,6-8,12,14-15H2,1-5H3,(H2,25,27,28);7-9,11H,5-6,10,12-13H2,1-4H3,(H2,24,26,27);3,5-6,9H,2,4,7-8,10-11,20H2,1H3,(H,26,27)(H2,21,23,24);1,3-4,7H,2,5-6,8-9H2,(H,19,24)(H,20,25)(H2,18,21,22);7-11H,4-6,12H2,1-3H3;2*1H4;1H;;/q;;;;+1;;;;;/p-1. The number of hydrogen-bond acceptors (Lipinski definition) is 29. The molecule has 1 aliphatic rings. The van der Waals surface area contributed by atoms with Gasteiger partial charge in [0, 0.05) is 65.9 Å². The number of carbonyl (C=O) groups is 4. The number of ether oxygens (including phenoxy) is 8. The van der Waals surface area contributed by atoms with E-state index in [1.807, 2.05) is 156 Å². The summed E-state index contributed by atoms with van der Waals surface area (Å²) < 4.78 is 53.5. The van der Waals surface area contributed by atoms with Gasteiger partial charge in [-0.3, -0.25) is 37.4 Å². The Hall–Kier alpha value is -11.5. The van der Waals surface area contributed by atoms with Crippen molar-refractivity contribution in [2.45, 2.75) is 213 Å². The van der Waals surface area contributed by atoms with Crippen LogP contribution in [0.2, 0.25) is 0 Å². The molecule has 0 saturated carbocycles. The second kappa shape index (κ2) is 56.5. The maximum absolute atomic E-state index is 12.4. The molecule has 1 aliphatic heterocycles. The summed E-state index contributed by atoms with van der Waals surface area (Å²) in [5.74, 6) is -0.599. The number of nitrogens with two attached hydrogens (primary N) is 5. The molecule has 37 nitrogen and oxygen atoms in total. The summed E-state index contributed by atoms with van der Waals surface area (Å²) in [4.78, 5) is 110. The zero-order valence-electron chi connectivity index (χ0n) is 79.5. The van der Waals surface area contributed by atoms with Gasteiger partial charge in [0.1, 0.15) is 23.3 Å². The van der Waals surface area contributed by atoms with E-state index >= 15 is 0 Å². The van der Waals surface area contributed by atoms with Gasteiger partial charge >= 0.3 is 47.6 Å². The predicted molar refractivity (Wildman–Crippen MR) is 527 cm³/mol. The molecule has 1 radical (unpaired) electrons. The first-order chi connectivity index (χ1) is 63.7. The molecule has 0 atom stereocenters. The number of carboxylic acid groups (broad SMARTS) is 1. The zero-order valence-corrected chi connectivity index (χ0v) is 87.7. The molecule has 14 rings (SSSR count). The number of nitrogen functional groups attached to an aromatic ring is 4. The van der Waals surface area contributed by atoms with Gasteiger partial charge in [-0.2, -0.15) is 49.8 Å². The van der Waals surface area contributed by atoms with E-state index in [0.29, 0.717) is 159 Å². The first-order valence-corrected chi connectivity index (χ1v) is 45.6. The topological polar surface area (TPSA) is 499 Å².